The van der Waals surface area contributed by atoms with Gasteiger partial charge >= 0.3 is 23.9 Å². The SMILES string of the molecule is CC(C)(C)C(=O)OC[C@H]1OC(O)[C@H](OC(=O)C(C)(C)C)[C@@H](OC(=O)C(C)(C)C)[C@@H]1OC(=O)C(C)(C)C. The van der Waals surface area contributed by atoms with Crippen molar-refractivity contribution in [2.24, 2.45) is 21.7 Å². The maximum absolute atomic E-state index is 12.9. The monoisotopic (exact) mass is 516 g/mol. The molecule has 208 valence electrons. The molecule has 0 saturated carbocycles. The Bertz CT molecular complexity index is 820. The van der Waals surface area contributed by atoms with Crippen molar-refractivity contribution < 1.29 is 48.0 Å². The van der Waals surface area contributed by atoms with Crippen LogP contribution in [-0.4, -0.2) is 66.3 Å². The van der Waals surface area contributed by atoms with Crippen LogP contribution in [0, 0.1) is 21.7 Å². The molecule has 1 N–H and O–H groups in total. The van der Waals surface area contributed by atoms with Gasteiger partial charge in [0.05, 0.1) is 21.7 Å². The Morgan fingerprint density at radius 3 is 1.28 bits per heavy atom. The third-order valence-electron chi connectivity index (χ3n) is 5.17. The zero-order valence-corrected chi connectivity index (χ0v) is 23.7. The van der Waals surface area contributed by atoms with Gasteiger partial charge in [0.15, 0.2) is 24.6 Å². The number of aliphatic hydroxyl groups excluding tert-OH is 1. The van der Waals surface area contributed by atoms with E-state index in [9.17, 15) is 24.3 Å². The maximum atomic E-state index is 12.9. The smallest absolute Gasteiger partial charge is 0.311 e. The zero-order valence-electron chi connectivity index (χ0n) is 23.7. The molecule has 1 fully saturated rings. The number of esters is 4. The van der Waals surface area contributed by atoms with Crippen molar-refractivity contribution in [3.8, 4) is 0 Å². The van der Waals surface area contributed by atoms with E-state index in [1.165, 1.54) is 0 Å². The first-order valence-corrected chi connectivity index (χ1v) is 12.1. The number of rotatable bonds is 5. The summed E-state index contributed by atoms with van der Waals surface area (Å²) in [4.78, 5) is 50.8. The second kappa shape index (κ2) is 11.0. The van der Waals surface area contributed by atoms with Crippen molar-refractivity contribution in [2.45, 2.75) is 114 Å². The van der Waals surface area contributed by atoms with Crippen LogP contribution in [0.1, 0.15) is 83.1 Å². The average Bonchev–Trinajstić information content (AvgIpc) is 2.67. The van der Waals surface area contributed by atoms with Crippen LogP contribution in [0.2, 0.25) is 0 Å². The highest BCUT2D eigenvalue weighted by Crippen LogP contribution is 2.33. The molecule has 5 atom stereocenters. The van der Waals surface area contributed by atoms with Gasteiger partial charge < -0.3 is 28.8 Å². The number of hydrogen-bond donors (Lipinski definition) is 1. The van der Waals surface area contributed by atoms with E-state index in [1.807, 2.05) is 0 Å². The zero-order chi connectivity index (χ0) is 28.4. The lowest BCUT2D eigenvalue weighted by atomic mass is 9.93. The van der Waals surface area contributed by atoms with Crippen LogP contribution in [0.3, 0.4) is 0 Å². The molecule has 0 bridgehead atoms. The summed E-state index contributed by atoms with van der Waals surface area (Å²) in [5, 5.41) is 10.8. The molecule has 0 amide bonds. The van der Waals surface area contributed by atoms with Crippen LogP contribution < -0.4 is 0 Å². The van der Waals surface area contributed by atoms with E-state index in [2.05, 4.69) is 0 Å². The van der Waals surface area contributed by atoms with E-state index >= 15 is 0 Å². The molecule has 36 heavy (non-hydrogen) atoms. The Morgan fingerprint density at radius 2 is 0.917 bits per heavy atom. The topological polar surface area (TPSA) is 135 Å². The van der Waals surface area contributed by atoms with E-state index in [0.717, 1.165) is 0 Å². The second-order valence-corrected chi connectivity index (χ2v) is 13.3. The molecule has 0 aromatic rings. The summed E-state index contributed by atoms with van der Waals surface area (Å²) in [6.07, 6.45) is -7.25. The molecule has 0 radical (unpaired) electrons. The molecule has 1 unspecified atom stereocenters. The Hall–Kier alpha value is -2.20. The van der Waals surface area contributed by atoms with Gasteiger partial charge in [0.25, 0.3) is 0 Å². The highest BCUT2D eigenvalue weighted by Gasteiger charge is 2.54. The lowest BCUT2D eigenvalue weighted by Gasteiger charge is -2.44. The van der Waals surface area contributed by atoms with Crippen LogP contribution in [0.15, 0.2) is 0 Å². The lowest BCUT2D eigenvalue weighted by Crippen LogP contribution is -2.63. The van der Waals surface area contributed by atoms with Crippen LogP contribution in [-0.2, 0) is 42.9 Å². The molecule has 1 aliphatic rings. The van der Waals surface area contributed by atoms with Crippen LogP contribution in [0.5, 0.6) is 0 Å². The molecular weight excluding hydrogens is 472 g/mol. The van der Waals surface area contributed by atoms with Crippen molar-refractivity contribution in [1.29, 1.82) is 0 Å². The van der Waals surface area contributed by atoms with Gasteiger partial charge in [-0.25, -0.2) is 0 Å². The molecule has 0 aliphatic carbocycles. The minimum absolute atomic E-state index is 0.404. The van der Waals surface area contributed by atoms with Gasteiger partial charge in [-0.1, -0.05) is 0 Å². The van der Waals surface area contributed by atoms with Gasteiger partial charge in [0.1, 0.15) is 12.7 Å². The molecule has 1 saturated heterocycles. The number of aliphatic hydroxyl groups is 1. The van der Waals surface area contributed by atoms with E-state index in [1.54, 1.807) is 83.1 Å². The predicted octanol–water partition coefficient (Wildman–Crippen LogP) is 3.17. The van der Waals surface area contributed by atoms with Crippen LogP contribution >= 0.6 is 0 Å². The molecule has 0 aromatic heterocycles. The van der Waals surface area contributed by atoms with Crippen molar-refractivity contribution in [3.63, 3.8) is 0 Å². The van der Waals surface area contributed by atoms with E-state index in [4.69, 9.17) is 23.7 Å². The summed E-state index contributed by atoms with van der Waals surface area (Å²) in [6.45, 7) is 19.2. The summed E-state index contributed by atoms with van der Waals surface area (Å²) in [5.41, 5.74) is -3.68. The third-order valence-corrected chi connectivity index (χ3v) is 5.17. The quantitative estimate of drug-likeness (QED) is 0.429. The molecule has 1 rings (SSSR count). The van der Waals surface area contributed by atoms with Gasteiger partial charge in [-0.05, 0) is 83.1 Å². The average molecular weight is 517 g/mol. The van der Waals surface area contributed by atoms with Crippen LogP contribution in [0.25, 0.3) is 0 Å². The van der Waals surface area contributed by atoms with Gasteiger partial charge in [-0.2, -0.15) is 0 Å². The summed E-state index contributed by atoms with van der Waals surface area (Å²) in [7, 11) is 0. The fourth-order valence-electron chi connectivity index (χ4n) is 2.71. The number of carbonyl (C=O) groups excluding carboxylic acids is 4. The van der Waals surface area contributed by atoms with Crippen molar-refractivity contribution in [1.82, 2.24) is 0 Å². The fraction of sp³-hybridized carbons (Fsp3) is 0.846. The maximum Gasteiger partial charge on any atom is 0.311 e. The van der Waals surface area contributed by atoms with Crippen LogP contribution in [0.4, 0.5) is 0 Å². The first-order valence-electron chi connectivity index (χ1n) is 12.1. The summed E-state index contributed by atoms with van der Waals surface area (Å²) in [5.74, 6) is -2.57. The summed E-state index contributed by atoms with van der Waals surface area (Å²) >= 11 is 0. The summed E-state index contributed by atoms with van der Waals surface area (Å²) < 4.78 is 28.0. The molecular formula is C26H44O10. The highest BCUT2D eigenvalue weighted by molar-refractivity contribution is 5.78. The normalized spacial score (nSPS) is 25.5. The molecule has 10 nitrogen and oxygen atoms in total. The molecule has 0 aromatic carbocycles. The Morgan fingerprint density at radius 1 is 0.583 bits per heavy atom. The minimum atomic E-state index is -1.75. The van der Waals surface area contributed by atoms with Crippen molar-refractivity contribution >= 4 is 23.9 Å². The molecule has 1 aliphatic heterocycles. The Labute approximate surface area is 214 Å². The third kappa shape index (κ3) is 8.73. The first kappa shape index (κ1) is 31.8. The Kier molecular flexibility index (Phi) is 9.77. The van der Waals surface area contributed by atoms with Gasteiger partial charge in [-0.15, -0.1) is 0 Å². The van der Waals surface area contributed by atoms with Gasteiger partial charge in [0.2, 0.25) is 0 Å². The predicted molar refractivity (Wildman–Crippen MR) is 129 cm³/mol. The highest BCUT2D eigenvalue weighted by atomic mass is 16.7. The van der Waals surface area contributed by atoms with Gasteiger partial charge in [0, 0.05) is 0 Å². The first-order chi connectivity index (χ1) is 16.0. The number of hydrogen-bond acceptors (Lipinski definition) is 10. The van der Waals surface area contributed by atoms with Crippen molar-refractivity contribution in [2.75, 3.05) is 6.61 Å². The standard InChI is InChI=1S/C26H44O10/c1-23(2,3)19(28)32-13-14-15(34-20(29)24(4,5)6)16(35-21(30)25(7,8)9)17(18(27)33-14)36-22(31)26(10,11)12/h14-18,27H,13H2,1-12H3/t14-,15-,16+,17-,18?/m1/s1. The molecule has 1 heterocycles. The lowest BCUT2D eigenvalue weighted by molar-refractivity contribution is -0.300. The van der Waals surface area contributed by atoms with Gasteiger partial charge in [-0.3, -0.25) is 19.2 Å². The molecule has 0 spiro atoms. The summed E-state index contributed by atoms with van der Waals surface area (Å²) in [6, 6.07) is 0. The fourth-order valence-corrected chi connectivity index (χ4v) is 2.71. The minimum Gasteiger partial charge on any atom is -0.462 e. The van der Waals surface area contributed by atoms with E-state index < -0.39 is 82.8 Å². The van der Waals surface area contributed by atoms with Crippen molar-refractivity contribution in [3.05, 3.63) is 0 Å². The second-order valence-electron chi connectivity index (χ2n) is 13.3. The number of ether oxygens (including phenoxy) is 5. The largest absolute Gasteiger partial charge is 0.462 e. The van der Waals surface area contributed by atoms with E-state index in [-0.39, 0.29) is 0 Å². The molecule has 10 heteroatoms. The number of carbonyl (C=O) groups is 4. The van der Waals surface area contributed by atoms with E-state index in [0.29, 0.717) is 0 Å². The Balaban J connectivity index is 3.50.